The molecule has 17 heavy (non-hydrogen) atoms. The molecule has 0 unspecified atom stereocenters. The largest absolute Gasteiger partial charge is 0.352 e. The van der Waals surface area contributed by atoms with Crippen LogP contribution in [0.5, 0.6) is 0 Å². The van der Waals surface area contributed by atoms with E-state index in [2.05, 4.69) is 20.7 Å². The third-order valence-electron chi connectivity index (χ3n) is 2.96. The summed E-state index contributed by atoms with van der Waals surface area (Å²) >= 11 is 0. The summed E-state index contributed by atoms with van der Waals surface area (Å²) in [6, 6.07) is 8.04. The molecule has 0 amide bonds. The van der Waals surface area contributed by atoms with E-state index in [9.17, 15) is 0 Å². The first-order valence-electron chi connectivity index (χ1n) is 5.51. The maximum Gasteiger partial charge on any atom is 0.213 e. The van der Waals surface area contributed by atoms with Crippen molar-refractivity contribution in [2.24, 2.45) is 0 Å². The van der Waals surface area contributed by atoms with Gasteiger partial charge in [0.15, 0.2) is 5.82 Å². The zero-order chi connectivity index (χ0) is 11.7. The van der Waals surface area contributed by atoms with E-state index in [1.807, 2.05) is 23.1 Å². The highest BCUT2D eigenvalue weighted by atomic mass is 16.5. The number of hydrogen-bond acceptors (Lipinski definition) is 4. The highest BCUT2D eigenvalue weighted by molar-refractivity contribution is 6.00. The van der Waals surface area contributed by atoms with Crippen LogP contribution >= 0.6 is 0 Å². The fraction of sp³-hybridized carbons (Fsp3) is 0.250. The molecule has 1 aliphatic rings. The Hall–Kier alpha value is -2.17. The minimum Gasteiger partial charge on any atom is -0.352 e. The molecule has 5 nitrogen and oxygen atoms in total. The lowest BCUT2D eigenvalue weighted by Gasteiger charge is -2.16. The fourth-order valence-electron chi connectivity index (χ4n) is 2.07. The smallest absolute Gasteiger partial charge is 0.213 e. The van der Waals surface area contributed by atoms with E-state index in [1.165, 1.54) is 12.0 Å². The van der Waals surface area contributed by atoms with Gasteiger partial charge >= 0.3 is 0 Å². The van der Waals surface area contributed by atoms with Gasteiger partial charge in [0, 0.05) is 25.1 Å². The average Bonchev–Trinajstić information content (AvgIpc) is 2.96. The Morgan fingerprint density at radius 2 is 2.24 bits per heavy atom. The maximum atomic E-state index is 8.08. The molecule has 3 rings (SSSR count). The molecule has 0 fully saturated rings. The summed E-state index contributed by atoms with van der Waals surface area (Å²) < 4.78 is 4.69. The topological polar surface area (TPSA) is 66.0 Å². The Morgan fingerprint density at radius 3 is 3.00 bits per heavy atom. The summed E-state index contributed by atoms with van der Waals surface area (Å²) in [6.45, 7) is 1.54. The highest BCUT2D eigenvalue weighted by Crippen LogP contribution is 2.21. The van der Waals surface area contributed by atoms with E-state index in [0.717, 1.165) is 18.7 Å². The van der Waals surface area contributed by atoms with Crippen LogP contribution in [0.3, 0.4) is 0 Å². The van der Waals surface area contributed by atoms with E-state index in [0.29, 0.717) is 18.1 Å². The standard InChI is InChI=1S/C12H12N4O/c13-12-10-4-2-1-3-9(10)7-16(12)6-5-11-14-8-17-15-11/h1-4,8,13H,5-7H2. The van der Waals surface area contributed by atoms with Gasteiger partial charge in [0.1, 0.15) is 5.84 Å². The van der Waals surface area contributed by atoms with Crippen molar-refractivity contribution < 1.29 is 4.52 Å². The predicted molar refractivity (Wildman–Crippen MR) is 61.7 cm³/mol. The molecule has 0 spiro atoms. The van der Waals surface area contributed by atoms with Gasteiger partial charge < -0.3 is 9.42 Å². The van der Waals surface area contributed by atoms with Crippen molar-refractivity contribution in [3.63, 3.8) is 0 Å². The van der Waals surface area contributed by atoms with Crippen molar-refractivity contribution in [3.8, 4) is 0 Å². The molecule has 0 saturated carbocycles. The zero-order valence-corrected chi connectivity index (χ0v) is 9.26. The third-order valence-corrected chi connectivity index (χ3v) is 2.96. The first-order valence-corrected chi connectivity index (χ1v) is 5.51. The molecule has 1 N–H and O–H groups in total. The zero-order valence-electron chi connectivity index (χ0n) is 9.26. The number of amidine groups is 1. The number of nitrogens with zero attached hydrogens (tertiary/aromatic N) is 3. The monoisotopic (exact) mass is 228 g/mol. The van der Waals surface area contributed by atoms with Crippen molar-refractivity contribution in [3.05, 3.63) is 47.6 Å². The van der Waals surface area contributed by atoms with Crippen LogP contribution < -0.4 is 0 Å². The molecule has 0 saturated heterocycles. The molecule has 0 aliphatic carbocycles. The fourth-order valence-corrected chi connectivity index (χ4v) is 2.07. The molecule has 5 heteroatoms. The number of hydrogen-bond donors (Lipinski definition) is 1. The Morgan fingerprint density at radius 1 is 1.35 bits per heavy atom. The van der Waals surface area contributed by atoms with Crippen molar-refractivity contribution in [2.45, 2.75) is 13.0 Å². The van der Waals surface area contributed by atoms with E-state index < -0.39 is 0 Å². The molecule has 0 bridgehead atoms. The van der Waals surface area contributed by atoms with E-state index in [1.54, 1.807) is 0 Å². The highest BCUT2D eigenvalue weighted by Gasteiger charge is 2.23. The van der Waals surface area contributed by atoms with Gasteiger partial charge in [-0.3, -0.25) is 5.41 Å². The van der Waals surface area contributed by atoms with Crippen LogP contribution in [-0.4, -0.2) is 27.4 Å². The van der Waals surface area contributed by atoms with Gasteiger partial charge in [-0.25, -0.2) is 0 Å². The first-order chi connectivity index (χ1) is 8.34. The molecular weight excluding hydrogens is 216 g/mol. The number of fused-ring (bicyclic) bond motifs is 1. The van der Waals surface area contributed by atoms with Crippen LogP contribution in [0.25, 0.3) is 0 Å². The van der Waals surface area contributed by atoms with Gasteiger partial charge in [-0.1, -0.05) is 29.4 Å². The second kappa shape index (κ2) is 4.01. The molecule has 2 heterocycles. The SMILES string of the molecule is N=C1c2ccccc2CN1CCc1ncon1. The third kappa shape index (κ3) is 1.80. The number of benzene rings is 1. The second-order valence-corrected chi connectivity index (χ2v) is 4.02. The van der Waals surface area contributed by atoms with Gasteiger partial charge in [-0.15, -0.1) is 0 Å². The van der Waals surface area contributed by atoms with Crippen molar-refractivity contribution in [1.82, 2.24) is 15.0 Å². The lowest BCUT2D eigenvalue weighted by molar-refractivity contribution is 0.395. The van der Waals surface area contributed by atoms with Crippen LogP contribution in [-0.2, 0) is 13.0 Å². The molecule has 1 aliphatic heterocycles. The van der Waals surface area contributed by atoms with Crippen molar-refractivity contribution >= 4 is 5.84 Å². The predicted octanol–water partition coefficient (Wildman–Crippen LogP) is 1.45. The summed E-state index contributed by atoms with van der Waals surface area (Å²) in [7, 11) is 0. The maximum absolute atomic E-state index is 8.08. The average molecular weight is 228 g/mol. The Balaban J connectivity index is 1.70. The quantitative estimate of drug-likeness (QED) is 0.863. The number of rotatable bonds is 3. The number of nitrogens with one attached hydrogen (secondary N) is 1. The normalized spacial score (nSPS) is 14.1. The van der Waals surface area contributed by atoms with E-state index >= 15 is 0 Å². The van der Waals surface area contributed by atoms with Crippen LogP contribution in [0.1, 0.15) is 17.0 Å². The Bertz CT molecular complexity index is 535. The van der Waals surface area contributed by atoms with Gasteiger partial charge in [-0.2, -0.15) is 4.98 Å². The molecule has 1 aromatic heterocycles. The summed E-state index contributed by atoms with van der Waals surface area (Å²) in [5.41, 5.74) is 2.24. The van der Waals surface area contributed by atoms with Gasteiger partial charge in [0.05, 0.1) is 0 Å². The van der Waals surface area contributed by atoms with Gasteiger partial charge in [0.2, 0.25) is 6.39 Å². The van der Waals surface area contributed by atoms with Crippen molar-refractivity contribution in [2.75, 3.05) is 6.54 Å². The van der Waals surface area contributed by atoms with Gasteiger partial charge in [0.25, 0.3) is 0 Å². The lowest BCUT2D eigenvalue weighted by atomic mass is 10.1. The molecule has 2 aromatic rings. The first kappa shape index (κ1) is 10.0. The second-order valence-electron chi connectivity index (χ2n) is 4.02. The summed E-state index contributed by atoms with van der Waals surface area (Å²) in [5, 5.41) is 11.8. The Labute approximate surface area is 98.6 Å². The lowest BCUT2D eigenvalue weighted by Crippen LogP contribution is -2.26. The van der Waals surface area contributed by atoms with Crippen LogP contribution in [0.15, 0.2) is 35.2 Å². The summed E-state index contributed by atoms with van der Waals surface area (Å²) in [6.07, 6.45) is 2.03. The molecule has 86 valence electrons. The van der Waals surface area contributed by atoms with E-state index in [4.69, 9.17) is 5.41 Å². The molecule has 0 radical (unpaired) electrons. The van der Waals surface area contributed by atoms with Crippen LogP contribution in [0, 0.1) is 5.41 Å². The Kier molecular flexibility index (Phi) is 2.36. The summed E-state index contributed by atoms with van der Waals surface area (Å²) in [4.78, 5) is 6.01. The molecule has 1 aromatic carbocycles. The minimum atomic E-state index is 0.587. The van der Waals surface area contributed by atoms with Crippen LogP contribution in [0.4, 0.5) is 0 Å². The number of aromatic nitrogens is 2. The minimum absolute atomic E-state index is 0.587. The molecular formula is C12H12N4O. The van der Waals surface area contributed by atoms with Crippen LogP contribution in [0.2, 0.25) is 0 Å². The van der Waals surface area contributed by atoms with E-state index in [-0.39, 0.29) is 0 Å². The van der Waals surface area contributed by atoms with Gasteiger partial charge in [-0.05, 0) is 5.56 Å². The van der Waals surface area contributed by atoms with Crippen molar-refractivity contribution in [1.29, 1.82) is 5.41 Å². The molecule has 0 atom stereocenters. The summed E-state index contributed by atoms with van der Waals surface area (Å²) in [5.74, 6) is 1.28.